The van der Waals surface area contributed by atoms with Gasteiger partial charge in [0.15, 0.2) is 0 Å². The molecule has 2 rings (SSSR count). The predicted octanol–water partition coefficient (Wildman–Crippen LogP) is 5.40. The van der Waals surface area contributed by atoms with Crippen LogP contribution in [0.3, 0.4) is 0 Å². The van der Waals surface area contributed by atoms with E-state index >= 15 is 0 Å². The highest BCUT2D eigenvalue weighted by molar-refractivity contribution is 9.10. The molecule has 98 valence electrons. The van der Waals surface area contributed by atoms with E-state index in [1.54, 1.807) is 42.5 Å². The van der Waals surface area contributed by atoms with Gasteiger partial charge in [-0.05, 0) is 52.3 Å². The standard InChI is InChI=1S/C13H9BrCl2N2O/c14-12-10(16)2-1-3-11(12)18-13(19)17-9-6-4-8(15)5-7-9/h1-7H,(H2,17,18,19). The molecule has 0 atom stereocenters. The number of nitrogens with one attached hydrogen (secondary N) is 2. The molecule has 0 radical (unpaired) electrons. The average Bonchev–Trinajstić information content (AvgIpc) is 2.38. The first-order chi connectivity index (χ1) is 9.06. The molecule has 2 amide bonds. The third kappa shape index (κ3) is 3.86. The fraction of sp³-hybridized carbons (Fsp3) is 0. The van der Waals surface area contributed by atoms with Gasteiger partial charge in [-0.1, -0.05) is 29.3 Å². The van der Waals surface area contributed by atoms with Crippen molar-refractivity contribution < 1.29 is 4.79 Å². The molecule has 6 heteroatoms. The smallest absolute Gasteiger partial charge is 0.308 e. The zero-order chi connectivity index (χ0) is 13.8. The van der Waals surface area contributed by atoms with Crippen LogP contribution >= 0.6 is 39.1 Å². The summed E-state index contributed by atoms with van der Waals surface area (Å²) in [4.78, 5) is 11.8. The molecule has 0 bridgehead atoms. The maximum atomic E-state index is 11.8. The molecular weight excluding hydrogens is 351 g/mol. The molecule has 0 spiro atoms. The summed E-state index contributed by atoms with van der Waals surface area (Å²) in [7, 11) is 0. The molecule has 0 aliphatic heterocycles. The molecule has 0 saturated heterocycles. The van der Waals surface area contributed by atoms with Gasteiger partial charge in [0, 0.05) is 10.7 Å². The Labute approximate surface area is 129 Å². The van der Waals surface area contributed by atoms with Crippen LogP contribution in [0.4, 0.5) is 16.2 Å². The van der Waals surface area contributed by atoms with Crippen molar-refractivity contribution in [3.63, 3.8) is 0 Å². The highest BCUT2D eigenvalue weighted by atomic mass is 79.9. The van der Waals surface area contributed by atoms with Crippen molar-refractivity contribution in [3.05, 3.63) is 57.0 Å². The SMILES string of the molecule is O=C(Nc1ccc(Cl)cc1)Nc1cccc(Cl)c1Br. The molecule has 3 nitrogen and oxygen atoms in total. The van der Waals surface area contributed by atoms with Crippen LogP contribution < -0.4 is 10.6 Å². The zero-order valence-electron chi connectivity index (χ0n) is 9.58. The molecule has 0 fully saturated rings. The monoisotopic (exact) mass is 358 g/mol. The Morgan fingerprint density at radius 2 is 1.68 bits per heavy atom. The Hall–Kier alpha value is -1.23. The Morgan fingerprint density at radius 3 is 2.37 bits per heavy atom. The highest BCUT2D eigenvalue weighted by Gasteiger charge is 2.07. The number of halogens is 3. The van der Waals surface area contributed by atoms with Gasteiger partial charge < -0.3 is 10.6 Å². The van der Waals surface area contributed by atoms with Crippen LogP contribution in [0.5, 0.6) is 0 Å². The Bertz CT molecular complexity index is 602. The summed E-state index contributed by atoms with van der Waals surface area (Å²) < 4.78 is 0.642. The number of carbonyl (C=O) groups excluding carboxylic acids is 1. The van der Waals surface area contributed by atoms with E-state index in [0.29, 0.717) is 25.9 Å². The summed E-state index contributed by atoms with van der Waals surface area (Å²) in [5.74, 6) is 0. The molecule has 0 aliphatic carbocycles. The average molecular weight is 360 g/mol. The van der Waals surface area contributed by atoms with Gasteiger partial charge in [0.05, 0.1) is 15.2 Å². The number of rotatable bonds is 2. The Kier molecular flexibility index (Phi) is 4.69. The molecule has 2 aromatic rings. The van der Waals surface area contributed by atoms with E-state index in [0.717, 1.165) is 0 Å². The van der Waals surface area contributed by atoms with Gasteiger partial charge in [-0.2, -0.15) is 0 Å². The van der Waals surface area contributed by atoms with Crippen molar-refractivity contribution in [1.29, 1.82) is 0 Å². The number of hydrogen-bond donors (Lipinski definition) is 2. The number of anilines is 2. The van der Waals surface area contributed by atoms with Crippen molar-refractivity contribution >= 4 is 56.5 Å². The molecule has 0 heterocycles. The summed E-state index contributed by atoms with van der Waals surface area (Å²) >= 11 is 15.0. The van der Waals surface area contributed by atoms with Crippen molar-refractivity contribution in [2.45, 2.75) is 0 Å². The Balaban J connectivity index is 2.05. The van der Waals surface area contributed by atoms with E-state index in [1.165, 1.54) is 0 Å². The molecule has 0 unspecified atom stereocenters. The third-order valence-electron chi connectivity index (χ3n) is 2.30. The van der Waals surface area contributed by atoms with Crippen LogP contribution in [0.25, 0.3) is 0 Å². The molecule has 2 N–H and O–H groups in total. The van der Waals surface area contributed by atoms with Crippen LogP contribution in [0.15, 0.2) is 46.9 Å². The van der Waals surface area contributed by atoms with Gasteiger partial charge in [0.2, 0.25) is 0 Å². The summed E-state index contributed by atoms with van der Waals surface area (Å²) in [5.41, 5.74) is 1.25. The predicted molar refractivity (Wildman–Crippen MR) is 83.2 cm³/mol. The quantitative estimate of drug-likeness (QED) is 0.740. The number of urea groups is 1. The first kappa shape index (κ1) is 14.2. The second-order valence-corrected chi connectivity index (χ2v) is 5.32. The van der Waals surface area contributed by atoms with Crippen LogP contribution in [0.1, 0.15) is 0 Å². The molecule has 19 heavy (non-hydrogen) atoms. The first-order valence-corrected chi connectivity index (χ1v) is 6.89. The Morgan fingerprint density at radius 1 is 1.00 bits per heavy atom. The summed E-state index contributed by atoms with van der Waals surface area (Å²) in [6.07, 6.45) is 0. The largest absolute Gasteiger partial charge is 0.323 e. The first-order valence-electron chi connectivity index (χ1n) is 5.34. The van der Waals surface area contributed by atoms with Gasteiger partial charge in [-0.15, -0.1) is 0 Å². The van der Waals surface area contributed by atoms with E-state index < -0.39 is 0 Å². The lowest BCUT2D eigenvalue weighted by Gasteiger charge is -2.09. The van der Waals surface area contributed by atoms with Crippen molar-refractivity contribution in [2.75, 3.05) is 10.6 Å². The minimum absolute atomic E-state index is 0.356. The lowest BCUT2D eigenvalue weighted by atomic mass is 10.3. The number of carbonyl (C=O) groups is 1. The fourth-order valence-corrected chi connectivity index (χ4v) is 2.08. The zero-order valence-corrected chi connectivity index (χ0v) is 12.7. The maximum Gasteiger partial charge on any atom is 0.323 e. The van der Waals surface area contributed by atoms with E-state index in [2.05, 4.69) is 26.6 Å². The molecule has 0 saturated carbocycles. The minimum Gasteiger partial charge on any atom is -0.308 e. The molecule has 2 aromatic carbocycles. The molecular formula is C13H9BrCl2N2O. The summed E-state index contributed by atoms with van der Waals surface area (Å²) in [5, 5.41) is 6.54. The normalized spacial score (nSPS) is 10.1. The summed E-state index contributed by atoms with van der Waals surface area (Å²) in [6, 6.07) is 11.7. The molecule has 0 aromatic heterocycles. The van der Waals surface area contributed by atoms with E-state index in [9.17, 15) is 4.79 Å². The van der Waals surface area contributed by atoms with Crippen LogP contribution in [0.2, 0.25) is 10.0 Å². The van der Waals surface area contributed by atoms with Crippen molar-refractivity contribution in [3.8, 4) is 0 Å². The number of hydrogen-bond acceptors (Lipinski definition) is 1. The second kappa shape index (κ2) is 6.28. The van der Waals surface area contributed by atoms with E-state index in [-0.39, 0.29) is 6.03 Å². The van der Waals surface area contributed by atoms with E-state index in [4.69, 9.17) is 23.2 Å². The number of benzene rings is 2. The lowest BCUT2D eigenvalue weighted by Crippen LogP contribution is -2.19. The molecule has 0 aliphatic rings. The van der Waals surface area contributed by atoms with Gasteiger partial charge in [0.25, 0.3) is 0 Å². The fourth-order valence-electron chi connectivity index (χ4n) is 1.42. The number of amides is 2. The second-order valence-electron chi connectivity index (χ2n) is 3.69. The summed E-state index contributed by atoms with van der Waals surface area (Å²) in [6.45, 7) is 0. The van der Waals surface area contributed by atoms with E-state index in [1.807, 2.05) is 0 Å². The van der Waals surface area contributed by atoms with Gasteiger partial charge in [0.1, 0.15) is 0 Å². The topological polar surface area (TPSA) is 41.1 Å². The van der Waals surface area contributed by atoms with Gasteiger partial charge in [-0.3, -0.25) is 0 Å². The van der Waals surface area contributed by atoms with Crippen LogP contribution in [-0.2, 0) is 0 Å². The maximum absolute atomic E-state index is 11.8. The van der Waals surface area contributed by atoms with Crippen LogP contribution in [0, 0.1) is 0 Å². The third-order valence-corrected chi connectivity index (χ3v) is 3.95. The van der Waals surface area contributed by atoms with Crippen LogP contribution in [-0.4, -0.2) is 6.03 Å². The van der Waals surface area contributed by atoms with Crippen molar-refractivity contribution in [2.24, 2.45) is 0 Å². The van der Waals surface area contributed by atoms with Crippen molar-refractivity contribution in [1.82, 2.24) is 0 Å². The minimum atomic E-state index is -0.356. The highest BCUT2D eigenvalue weighted by Crippen LogP contribution is 2.30. The van der Waals surface area contributed by atoms with Gasteiger partial charge >= 0.3 is 6.03 Å². The lowest BCUT2D eigenvalue weighted by molar-refractivity contribution is 0.262. The van der Waals surface area contributed by atoms with Gasteiger partial charge in [-0.25, -0.2) is 4.79 Å².